The molecule has 4 aromatic heterocycles. The molecule has 6 heterocycles. The van der Waals surface area contributed by atoms with Crippen LogP contribution in [0.2, 0.25) is 5.15 Å². The topological polar surface area (TPSA) is 222 Å². The van der Waals surface area contributed by atoms with Gasteiger partial charge in [0.15, 0.2) is 11.6 Å². The largest absolute Gasteiger partial charge is 0.476 e. The maximum atomic E-state index is 13.4. The van der Waals surface area contributed by atoms with Crippen molar-refractivity contribution in [3.8, 4) is 23.4 Å². The fourth-order valence-corrected chi connectivity index (χ4v) is 13.3. The number of pyridine rings is 2. The van der Waals surface area contributed by atoms with Gasteiger partial charge in [0.2, 0.25) is 11.8 Å². The van der Waals surface area contributed by atoms with Crippen LogP contribution in [0.5, 0.6) is 11.8 Å². The number of ether oxygens (including phenoxy) is 2. The van der Waals surface area contributed by atoms with Gasteiger partial charge in [0.05, 0.1) is 34.1 Å². The van der Waals surface area contributed by atoms with Gasteiger partial charge in [-0.1, -0.05) is 61.8 Å². The van der Waals surface area contributed by atoms with E-state index in [4.69, 9.17) is 26.1 Å². The van der Waals surface area contributed by atoms with Crippen LogP contribution in [0.1, 0.15) is 114 Å². The molecule has 6 aromatic rings. The Balaban J connectivity index is 0.000000199. The van der Waals surface area contributed by atoms with Gasteiger partial charge in [0, 0.05) is 42.1 Å². The van der Waals surface area contributed by atoms with E-state index in [-0.39, 0.29) is 71.0 Å². The maximum Gasteiger partial charge on any atom is 0.268 e. The second kappa shape index (κ2) is 24.2. The Morgan fingerprint density at radius 1 is 0.637 bits per heavy atom. The molecule has 2 unspecified atom stereocenters. The highest BCUT2D eigenvalue weighted by Gasteiger charge is 2.63. The summed E-state index contributed by atoms with van der Waals surface area (Å²) in [6, 6.07) is 25.3. The van der Waals surface area contributed by atoms with Crippen LogP contribution in [-0.4, -0.2) is 95.6 Å². The van der Waals surface area contributed by atoms with Crippen molar-refractivity contribution in [3.05, 3.63) is 126 Å². The van der Waals surface area contributed by atoms with Crippen molar-refractivity contribution in [2.45, 2.75) is 114 Å². The molecule has 12 rings (SSSR count). The second-order valence-corrected chi connectivity index (χ2v) is 26.9. The third-order valence-corrected chi connectivity index (χ3v) is 18.8. The summed E-state index contributed by atoms with van der Waals surface area (Å²) in [5.74, 6) is 3.34. The minimum atomic E-state index is -4.04. The molecule has 432 valence electrons. The predicted molar refractivity (Wildman–Crippen MR) is 320 cm³/mol. The lowest BCUT2D eigenvalue weighted by Crippen LogP contribution is -2.41. The van der Waals surface area contributed by atoms with E-state index in [9.17, 15) is 26.4 Å². The third kappa shape index (κ3) is 14.4. The number of nitrogens with one attached hydrogen (secondary N) is 3. The van der Waals surface area contributed by atoms with Gasteiger partial charge < -0.3 is 19.7 Å². The van der Waals surface area contributed by atoms with E-state index < -0.39 is 31.9 Å². The summed E-state index contributed by atoms with van der Waals surface area (Å²) in [4.78, 5) is 37.0. The van der Waals surface area contributed by atoms with Gasteiger partial charge in [-0.3, -0.25) is 9.59 Å². The number of sulfonamides is 2. The summed E-state index contributed by atoms with van der Waals surface area (Å²) < 4.78 is 69.5. The summed E-state index contributed by atoms with van der Waals surface area (Å²) in [5, 5.41) is 12.2. The molecular formula is C56H72Cl2N10O8S4. The summed E-state index contributed by atoms with van der Waals surface area (Å²) in [5.41, 5.74) is 1.43. The molecule has 2 spiro atoms. The fraction of sp³-hybridized carbons (Fsp3) is 0.464. The molecule has 4 aliphatic carbocycles. The molecule has 0 radical (unpaired) electrons. The van der Waals surface area contributed by atoms with Crippen LogP contribution in [0.25, 0.3) is 11.6 Å². The minimum absolute atomic E-state index is 0. The number of amides is 2. The number of benzene rings is 2. The lowest BCUT2D eigenvalue weighted by molar-refractivity contribution is 0.0972. The quantitative estimate of drug-likeness (QED) is 0.0816. The molecule has 4 saturated carbocycles. The van der Waals surface area contributed by atoms with E-state index in [2.05, 4.69) is 71.7 Å². The highest BCUT2D eigenvalue weighted by atomic mass is 35.5. The molecule has 2 aromatic carbocycles. The summed E-state index contributed by atoms with van der Waals surface area (Å²) in [6.07, 6.45) is 13.5. The number of hydrogen-bond donors (Lipinski definition) is 3. The summed E-state index contributed by atoms with van der Waals surface area (Å²) in [6.45, 7) is 16.4. The van der Waals surface area contributed by atoms with Crippen LogP contribution in [0.4, 0.5) is 5.82 Å². The number of carbonyl (C=O) groups is 2. The average Bonchev–Trinajstić information content (AvgIpc) is 4.38. The van der Waals surface area contributed by atoms with E-state index in [0.717, 1.165) is 12.3 Å². The van der Waals surface area contributed by atoms with Crippen LogP contribution in [0.3, 0.4) is 0 Å². The van der Waals surface area contributed by atoms with Crippen molar-refractivity contribution in [2.24, 2.45) is 34.5 Å². The zero-order valence-corrected chi connectivity index (χ0v) is 50.9. The number of halogens is 2. The van der Waals surface area contributed by atoms with Crippen LogP contribution < -0.4 is 29.1 Å². The van der Waals surface area contributed by atoms with E-state index in [0.29, 0.717) is 83.1 Å². The molecule has 2 saturated heterocycles. The number of hydrogen-bond acceptors (Lipinski definition) is 14. The molecule has 24 heteroatoms. The molecule has 80 heavy (non-hydrogen) atoms. The maximum absolute atomic E-state index is 13.4. The number of carbonyl (C=O) groups excluding carboxylic acids is 2. The molecule has 0 bridgehead atoms. The fourth-order valence-electron chi connectivity index (χ4n) is 11.0. The minimum Gasteiger partial charge on any atom is -0.476 e. The first-order chi connectivity index (χ1) is 36.5. The summed E-state index contributed by atoms with van der Waals surface area (Å²) in [7, 11) is -8.05. The van der Waals surface area contributed by atoms with Crippen molar-refractivity contribution in [1.82, 2.24) is 44.3 Å². The van der Waals surface area contributed by atoms with Gasteiger partial charge in [-0.15, -0.1) is 22.6 Å². The van der Waals surface area contributed by atoms with Gasteiger partial charge in [-0.2, -0.15) is 27.0 Å². The van der Waals surface area contributed by atoms with Crippen molar-refractivity contribution < 1.29 is 35.9 Å². The first-order valence-electron chi connectivity index (χ1n) is 26.4. The molecule has 2 amide bonds. The van der Waals surface area contributed by atoms with Gasteiger partial charge in [-0.25, -0.2) is 45.6 Å². The monoisotopic (exact) mass is 1210 g/mol. The van der Waals surface area contributed by atoms with Crippen molar-refractivity contribution in [3.63, 3.8) is 0 Å². The normalized spacial score (nSPS) is 21.6. The lowest BCUT2D eigenvalue weighted by atomic mass is 9.97. The highest BCUT2D eigenvalue weighted by Crippen LogP contribution is 2.71. The Labute approximate surface area is 494 Å². The molecule has 6 fully saturated rings. The molecule has 6 aliphatic rings. The highest BCUT2D eigenvalue weighted by molar-refractivity contribution is 7.90. The van der Waals surface area contributed by atoms with E-state index >= 15 is 0 Å². The molecular weight excluding hydrogens is 1140 g/mol. The van der Waals surface area contributed by atoms with Crippen LogP contribution in [-0.2, 0) is 20.0 Å². The Kier molecular flexibility index (Phi) is 18.9. The SMILES string of the molecule is C[C@@H]1CN(c2nc(-n3ccc(OCC4CC45CC5)n3)ccc2C(=O)NS(=O)(=O)c2ccccc2)C(C)(C)C1.C[C@@H]1CNC(C)(C)C1.Cl.O=C(NS(=O)(=O)c1ccccc1)c1ccc(-n2ccc(OCC3CC34CC4)n2)nc1Cl.S.S. The Hall–Kier alpha value is -5.36. The van der Waals surface area contributed by atoms with Gasteiger partial charge in [-0.05, 0) is 169 Å². The van der Waals surface area contributed by atoms with Gasteiger partial charge >= 0.3 is 0 Å². The van der Waals surface area contributed by atoms with Crippen molar-refractivity contribution in [2.75, 3.05) is 31.2 Å². The smallest absolute Gasteiger partial charge is 0.268 e. The average molecular weight is 1210 g/mol. The first-order valence-corrected chi connectivity index (χ1v) is 29.7. The van der Waals surface area contributed by atoms with Crippen molar-refractivity contribution in [1.29, 1.82) is 0 Å². The Morgan fingerprint density at radius 3 is 1.49 bits per heavy atom. The lowest BCUT2D eigenvalue weighted by Gasteiger charge is -2.34. The second-order valence-electron chi connectivity index (χ2n) is 23.2. The van der Waals surface area contributed by atoms with Crippen LogP contribution in [0.15, 0.2) is 119 Å². The van der Waals surface area contributed by atoms with Crippen LogP contribution in [0, 0.1) is 34.5 Å². The molecule has 18 nitrogen and oxygen atoms in total. The van der Waals surface area contributed by atoms with Crippen molar-refractivity contribution >= 4 is 88.7 Å². The third-order valence-electron chi connectivity index (χ3n) is 15.8. The Morgan fingerprint density at radius 2 is 1.10 bits per heavy atom. The molecule has 4 atom stereocenters. The number of nitrogens with zero attached hydrogens (tertiary/aromatic N) is 7. The Bertz CT molecular complexity index is 3400. The standard InChI is InChI=1S/C28H33N5O4S.C21H19ClN4O4S.C7H15N.ClH.2H2S/c1-19-15-27(2,3)32(17-19)25-22(26(34)31-38(35,36)21-7-5-4-6-8-21)9-10-23(29-25)33-14-11-24(30-33)37-18-20-16-28(20)12-13-28;22-19-16(20(27)25-31(28,29)15-4-2-1-3-5-15)6-7-17(23-19)26-11-8-18(24-26)30-13-14-12-21(14)9-10-21;1-6-4-7(2,3)8-5-6;;;/h4-11,14,19-20H,12-13,15-18H2,1-3H3,(H,31,34);1-8,11,14H,9-10,12-13H2,(H,25,27);6,8H,4-5H2,1-3H3;1H;2*1H2/t19-,20?;;6-;;;/m0.0.../s1. The summed E-state index contributed by atoms with van der Waals surface area (Å²) >= 11 is 6.17. The van der Waals surface area contributed by atoms with Gasteiger partial charge in [0.1, 0.15) is 11.0 Å². The molecule has 2 aliphatic heterocycles. The van der Waals surface area contributed by atoms with E-state index in [1.54, 1.807) is 71.7 Å². The van der Waals surface area contributed by atoms with Gasteiger partial charge in [0.25, 0.3) is 31.9 Å². The number of anilines is 1. The number of aromatic nitrogens is 6. The van der Waals surface area contributed by atoms with E-state index in [1.165, 1.54) is 92.6 Å². The predicted octanol–water partition coefficient (Wildman–Crippen LogP) is 9.45. The zero-order chi connectivity index (χ0) is 54.5. The first kappa shape index (κ1) is 62.2. The van der Waals surface area contributed by atoms with E-state index in [1.807, 2.05) is 10.8 Å². The molecule has 3 N–H and O–H groups in total. The number of rotatable bonds is 15. The zero-order valence-electron chi connectivity index (χ0n) is 45.7. The van der Waals surface area contributed by atoms with Crippen LogP contribution >= 0.6 is 51.0 Å².